The van der Waals surface area contributed by atoms with E-state index in [-0.39, 0.29) is 18.4 Å². The molecule has 0 radical (unpaired) electrons. The fraction of sp³-hybridized carbons (Fsp3) is 0.185. The lowest BCUT2D eigenvalue weighted by atomic mass is 10.1. The second-order valence-corrected chi connectivity index (χ2v) is 8.51. The zero-order chi connectivity index (χ0) is 24.8. The number of nitrogens with zero attached hydrogens (tertiary/aromatic N) is 3. The Bertz CT molecular complexity index is 1250. The van der Waals surface area contributed by atoms with Crippen molar-refractivity contribution >= 4 is 40.8 Å². The molecule has 4 aromatic rings. The van der Waals surface area contributed by atoms with Gasteiger partial charge in [-0.2, -0.15) is 15.0 Å². The number of hydrogen-bond acceptors (Lipinski definition) is 7. The first-order valence-electron chi connectivity index (χ1n) is 11.4. The van der Waals surface area contributed by atoms with E-state index in [9.17, 15) is 4.79 Å². The zero-order valence-electron chi connectivity index (χ0n) is 20.3. The third-order valence-electron chi connectivity index (χ3n) is 5.31. The molecule has 0 aliphatic rings. The molecule has 0 bridgehead atoms. The van der Waals surface area contributed by atoms with Crippen LogP contribution < -0.4 is 21.3 Å². The van der Waals surface area contributed by atoms with Crippen molar-refractivity contribution in [1.29, 1.82) is 0 Å². The van der Waals surface area contributed by atoms with Gasteiger partial charge in [0.15, 0.2) is 0 Å². The molecule has 1 heterocycles. The summed E-state index contributed by atoms with van der Waals surface area (Å²) in [6.07, 6.45) is 0. The number of amides is 1. The van der Waals surface area contributed by atoms with Crippen LogP contribution in [0.2, 0.25) is 0 Å². The predicted octanol–water partition coefficient (Wildman–Crippen LogP) is 5.64. The molecule has 0 atom stereocenters. The van der Waals surface area contributed by atoms with Crippen LogP contribution in [-0.4, -0.2) is 27.4 Å². The second kappa shape index (κ2) is 10.6. The van der Waals surface area contributed by atoms with E-state index >= 15 is 0 Å². The number of rotatable bonds is 8. The molecule has 0 aliphatic carbocycles. The van der Waals surface area contributed by atoms with Gasteiger partial charge in [0.05, 0.1) is 6.54 Å². The molecule has 4 rings (SSSR count). The summed E-state index contributed by atoms with van der Waals surface area (Å²) in [5.74, 6) is 0.796. The maximum absolute atomic E-state index is 12.6. The number of hydrogen-bond donors (Lipinski definition) is 4. The van der Waals surface area contributed by atoms with Gasteiger partial charge < -0.3 is 21.3 Å². The van der Waals surface area contributed by atoms with E-state index in [0.29, 0.717) is 11.9 Å². The Balaban J connectivity index is 1.51. The summed E-state index contributed by atoms with van der Waals surface area (Å²) in [7, 11) is 0. The number of carbonyl (C=O) groups is 1. The van der Waals surface area contributed by atoms with E-state index in [0.717, 1.165) is 39.3 Å². The molecule has 0 unspecified atom stereocenters. The summed E-state index contributed by atoms with van der Waals surface area (Å²) in [5.41, 5.74) is 6.94. The van der Waals surface area contributed by atoms with Crippen LogP contribution in [0.15, 0.2) is 66.7 Å². The fourth-order valence-electron chi connectivity index (χ4n) is 3.41. The number of benzene rings is 3. The smallest absolute Gasteiger partial charge is 0.243 e. The maximum Gasteiger partial charge on any atom is 0.243 e. The molecule has 1 aromatic heterocycles. The summed E-state index contributed by atoms with van der Waals surface area (Å²) in [4.78, 5) is 26.0. The largest absolute Gasteiger partial charge is 0.345 e. The first-order chi connectivity index (χ1) is 16.8. The van der Waals surface area contributed by atoms with Crippen molar-refractivity contribution in [1.82, 2.24) is 15.0 Å². The highest BCUT2D eigenvalue weighted by molar-refractivity contribution is 5.94. The highest BCUT2D eigenvalue weighted by Crippen LogP contribution is 2.20. The lowest BCUT2D eigenvalue weighted by Gasteiger charge is -2.12. The summed E-state index contributed by atoms with van der Waals surface area (Å²) >= 11 is 0. The van der Waals surface area contributed by atoms with Gasteiger partial charge >= 0.3 is 0 Å². The minimum absolute atomic E-state index is 0.00523. The Kier molecular flexibility index (Phi) is 7.21. The van der Waals surface area contributed by atoms with Gasteiger partial charge in [-0.25, -0.2) is 0 Å². The molecule has 0 aliphatic heterocycles. The minimum atomic E-state index is -0.196. The molecule has 0 spiro atoms. The van der Waals surface area contributed by atoms with E-state index in [2.05, 4.69) is 36.2 Å². The molecular formula is C27H29N7O. The van der Waals surface area contributed by atoms with Crippen LogP contribution in [-0.2, 0) is 4.79 Å². The van der Waals surface area contributed by atoms with E-state index in [1.807, 2.05) is 94.4 Å². The lowest BCUT2D eigenvalue weighted by Crippen LogP contribution is -2.23. The Labute approximate surface area is 205 Å². The van der Waals surface area contributed by atoms with Crippen molar-refractivity contribution < 1.29 is 4.79 Å². The number of aromatic nitrogens is 3. The Morgan fingerprint density at radius 1 is 0.657 bits per heavy atom. The van der Waals surface area contributed by atoms with E-state index in [1.54, 1.807) is 0 Å². The zero-order valence-corrected chi connectivity index (χ0v) is 20.3. The molecule has 0 saturated heterocycles. The van der Waals surface area contributed by atoms with E-state index in [1.165, 1.54) is 0 Å². The van der Waals surface area contributed by atoms with Gasteiger partial charge in [-0.15, -0.1) is 0 Å². The van der Waals surface area contributed by atoms with Gasteiger partial charge in [0.25, 0.3) is 0 Å². The molecule has 178 valence electrons. The molecule has 8 heteroatoms. The molecule has 4 N–H and O–H groups in total. The standard InChI is InChI=1S/C27H29N7O/c1-17-5-10-21(11-6-17)29-26-32-25(33-27(34-26)30-22-12-7-18(2)8-13-22)28-16-24(35)31-23-14-9-19(3)15-20(23)4/h5-15H,16H2,1-4H3,(H,31,35)(H3,28,29,30,32,33,34). The van der Waals surface area contributed by atoms with Crippen LogP contribution in [0.1, 0.15) is 22.3 Å². The lowest BCUT2D eigenvalue weighted by molar-refractivity contribution is -0.114. The fourth-order valence-corrected chi connectivity index (χ4v) is 3.41. The molecular weight excluding hydrogens is 438 g/mol. The van der Waals surface area contributed by atoms with Crippen molar-refractivity contribution in [2.45, 2.75) is 27.7 Å². The van der Waals surface area contributed by atoms with Crippen LogP contribution in [0.3, 0.4) is 0 Å². The van der Waals surface area contributed by atoms with Crippen molar-refractivity contribution in [3.8, 4) is 0 Å². The van der Waals surface area contributed by atoms with Gasteiger partial charge in [-0.3, -0.25) is 4.79 Å². The molecule has 35 heavy (non-hydrogen) atoms. The highest BCUT2D eigenvalue weighted by atomic mass is 16.1. The Morgan fingerprint density at radius 2 is 1.14 bits per heavy atom. The average Bonchev–Trinajstić information content (AvgIpc) is 2.82. The Morgan fingerprint density at radius 3 is 1.66 bits per heavy atom. The first-order valence-corrected chi connectivity index (χ1v) is 11.4. The molecule has 0 saturated carbocycles. The molecule has 0 fully saturated rings. The molecule has 3 aromatic carbocycles. The van der Waals surface area contributed by atoms with Gasteiger partial charge in [-0.05, 0) is 63.6 Å². The predicted molar refractivity (Wildman–Crippen MR) is 142 cm³/mol. The third kappa shape index (κ3) is 6.77. The maximum atomic E-state index is 12.6. The van der Waals surface area contributed by atoms with Crippen molar-refractivity contribution in [3.05, 3.63) is 89.0 Å². The van der Waals surface area contributed by atoms with Crippen molar-refractivity contribution in [2.75, 3.05) is 27.8 Å². The number of anilines is 6. The summed E-state index contributed by atoms with van der Waals surface area (Å²) < 4.78 is 0. The monoisotopic (exact) mass is 467 g/mol. The van der Waals surface area contributed by atoms with Crippen molar-refractivity contribution in [2.24, 2.45) is 0 Å². The summed E-state index contributed by atoms with van der Waals surface area (Å²) in [6, 6.07) is 21.7. The average molecular weight is 468 g/mol. The van der Waals surface area contributed by atoms with Crippen LogP contribution in [0.25, 0.3) is 0 Å². The van der Waals surface area contributed by atoms with Crippen LogP contribution >= 0.6 is 0 Å². The van der Waals surface area contributed by atoms with E-state index in [4.69, 9.17) is 0 Å². The highest BCUT2D eigenvalue weighted by Gasteiger charge is 2.10. The van der Waals surface area contributed by atoms with Crippen molar-refractivity contribution in [3.63, 3.8) is 0 Å². The molecule has 1 amide bonds. The van der Waals surface area contributed by atoms with E-state index < -0.39 is 0 Å². The van der Waals surface area contributed by atoms with Crippen LogP contribution in [0, 0.1) is 27.7 Å². The quantitative estimate of drug-likeness (QED) is 0.266. The van der Waals surface area contributed by atoms with Crippen LogP contribution in [0.4, 0.5) is 34.9 Å². The summed E-state index contributed by atoms with van der Waals surface area (Å²) in [5, 5.41) is 12.3. The SMILES string of the molecule is Cc1ccc(Nc2nc(NCC(=O)Nc3ccc(C)cc3C)nc(Nc3ccc(C)cc3)n2)cc1. The number of nitrogens with one attached hydrogen (secondary N) is 4. The molecule has 8 nitrogen and oxygen atoms in total. The Hall–Kier alpha value is -4.46. The van der Waals surface area contributed by atoms with Gasteiger partial charge in [0, 0.05) is 17.1 Å². The normalized spacial score (nSPS) is 10.5. The third-order valence-corrected chi connectivity index (χ3v) is 5.31. The van der Waals surface area contributed by atoms with Crippen LogP contribution in [0.5, 0.6) is 0 Å². The second-order valence-electron chi connectivity index (χ2n) is 8.51. The topological polar surface area (TPSA) is 104 Å². The number of carbonyl (C=O) groups excluding carboxylic acids is 1. The van der Waals surface area contributed by atoms with Gasteiger partial charge in [0.2, 0.25) is 23.8 Å². The minimum Gasteiger partial charge on any atom is -0.345 e. The summed E-state index contributed by atoms with van der Waals surface area (Å²) in [6.45, 7) is 8.05. The number of aryl methyl sites for hydroxylation is 4. The van der Waals surface area contributed by atoms with Gasteiger partial charge in [0.1, 0.15) is 0 Å². The first kappa shape index (κ1) is 23.7. The van der Waals surface area contributed by atoms with Gasteiger partial charge in [-0.1, -0.05) is 53.1 Å².